The zero-order valence-electron chi connectivity index (χ0n) is 15.0. The number of carbonyl (C=O) groups excluding carboxylic acids is 1. The van der Waals surface area contributed by atoms with Gasteiger partial charge in [0, 0.05) is 42.8 Å². The molecule has 5 atom stereocenters. The van der Waals surface area contributed by atoms with E-state index in [4.69, 9.17) is 4.74 Å². The summed E-state index contributed by atoms with van der Waals surface area (Å²) in [5.41, 5.74) is 1.67. The lowest BCUT2D eigenvalue weighted by Crippen LogP contribution is -2.64. The average molecular weight is 355 g/mol. The molecule has 0 unspecified atom stereocenters. The number of nitrogens with zero attached hydrogens (tertiary/aromatic N) is 2. The van der Waals surface area contributed by atoms with E-state index in [1.165, 1.54) is 6.92 Å². The third kappa shape index (κ3) is 2.80. The number of rotatable bonds is 4. The van der Waals surface area contributed by atoms with E-state index in [-0.39, 0.29) is 17.9 Å². The first kappa shape index (κ1) is 17.2. The first-order chi connectivity index (χ1) is 12.5. The molecule has 4 nitrogen and oxygen atoms in total. The third-order valence-corrected chi connectivity index (χ3v) is 6.06. The van der Waals surface area contributed by atoms with E-state index in [1.54, 1.807) is 6.20 Å². The van der Waals surface area contributed by atoms with E-state index in [0.717, 1.165) is 22.9 Å². The molecule has 1 aromatic heterocycles. The molecule has 26 heavy (non-hydrogen) atoms. The van der Waals surface area contributed by atoms with Crippen LogP contribution in [0, 0.1) is 11.8 Å². The van der Waals surface area contributed by atoms with Crippen LogP contribution in [-0.2, 0) is 9.53 Å². The van der Waals surface area contributed by atoms with Gasteiger partial charge in [0.2, 0.25) is 0 Å². The van der Waals surface area contributed by atoms with E-state index in [0.29, 0.717) is 25.4 Å². The van der Waals surface area contributed by atoms with Crippen LogP contribution in [0.4, 0.5) is 4.48 Å². The molecular weight excluding hydrogens is 331 g/mol. The lowest BCUT2D eigenvalue weighted by molar-refractivity contribution is -1.09. The van der Waals surface area contributed by atoms with Gasteiger partial charge in [0.1, 0.15) is 13.1 Å². The maximum atomic E-state index is 15.9. The van der Waals surface area contributed by atoms with E-state index in [1.807, 2.05) is 36.4 Å². The van der Waals surface area contributed by atoms with Crippen molar-refractivity contribution in [1.29, 1.82) is 0 Å². The quantitative estimate of drug-likeness (QED) is 0.470. The molecule has 1 aromatic carbocycles. The Morgan fingerprint density at radius 3 is 2.96 bits per heavy atom. The molecule has 3 fully saturated rings. The summed E-state index contributed by atoms with van der Waals surface area (Å²) in [4.78, 5) is 16.2. The molecule has 3 aliphatic heterocycles. The van der Waals surface area contributed by atoms with Gasteiger partial charge in [-0.15, -0.1) is 11.3 Å². The van der Waals surface area contributed by atoms with Crippen molar-refractivity contribution < 1.29 is 18.7 Å². The van der Waals surface area contributed by atoms with Crippen LogP contribution >= 0.6 is 0 Å². The summed E-state index contributed by atoms with van der Waals surface area (Å²) in [7, 11) is 0. The third-order valence-electron chi connectivity index (χ3n) is 6.06. The molecule has 2 bridgehead atoms. The molecule has 3 saturated heterocycles. The van der Waals surface area contributed by atoms with Crippen molar-refractivity contribution in [2.75, 3.05) is 13.1 Å². The van der Waals surface area contributed by atoms with Crippen LogP contribution in [0.5, 0.6) is 0 Å². The van der Waals surface area contributed by atoms with Crippen molar-refractivity contribution in [3.63, 3.8) is 0 Å². The summed E-state index contributed by atoms with van der Waals surface area (Å²) in [5, 5.41) is 0.913. The Bertz CT molecular complexity index is 850. The summed E-state index contributed by atoms with van der Waals surface area (Å²) in [6.45, 7) is 6.16. The van der Waals surface area contributed by atoms with Gasteiger partial charge in [0.05, 0.1) is 5.52 Å². The van der Waals surface area contributed by atoms with Gasteiger partial charge in [0.15, 0.2) is 12.1 Å². The SMILES string of the molecule is C=C[C@H]1C[N@+]2(F)CC[C@H]1C[C@@H]2[C@@H](OC(C)=O)c1ccnc2ccccc12. The molecule has 0 N–H and O–H groups in total. The molecule has 0 radical (unpaired) electrons. The number of esters is 1. The zero-order valence-corrected chi connectivity index (χ0v) is 15.0. The number of aromatic nitrogens is 1. The van der Waals surface area contributed by atoms with Crippen molar-refractivity contribution in [2.24, 2.45) is 11.8 Å². The molecule has 5 heteroatoms. The van der Waals surface area contributed by atoms with Crippen LogP contribution in [0.2, 0.25) is 0 Å². The van der Waals surface area contributed by atoms with Crippen molar-refractivity contribution in [2.45, 2.75) is 31.9 Å². The molecule has 4 heterocycles. The van der Waals surface area contributed by atoms with E-state index < -0.39 is 10.8 Å². The van der Waals surface area contributed by atoms with Crippen LogP contribution in [0.15, 0.2) is 49.2 Å². The zero-order chi connectivity index (χ0) is 18.3. The van der Waals surface area contributed by atoms with Gasteiger partial charge in [-0.05, 0) is 22.5 Å². The largest absolute Gasteiger partial charge is 0.451 e. The topological polar surface area (TPSA) is 39.2 Å². The van der Waals surface area contributed by atoms with E-state index in [2.05, 4.69) is 11.6 Å². The van der Waals surface area contributed by atoms with Gasteiger partial charge in [0.25, 0.3) is 0 Å². The molecule has 0 aliphatic carbocycles. The van der Waals surface area contributed by atoms with Gasteiger partial charge in [-0.2, -0.15) is 0 Å². The molecule has 0 saturated carbocycles. The highest BCUT2D eigenvalue weighted by atomic mass is 19.2. The highest BCUT2D eigenvalue weighted by molar-refractivity contribution is 5.82. The second-order valence-electron chi connectivity index (χ2n) is 7.53. The number of halogens is 1. The fourth-order valence-electron chi connectivity index (χ4n) is 4.81. The summed E-state index contributed by atoms with van der Waals surface area (Å²) >= 11 is 0. The molecular formula is C21H24FN2O2+. The van der Waals surface area contributed by atoms with Gasteiger partial charge in [-0.1, -0.05) is 24.3 Å². The van der Waals surface area contributed by atoms with E-state index >= 15 is 4.48 Å². The van der Waals surface area contributed by atoms with Gasteiger partial charge in [-0.25, -0.2) is 0 Å². The predicted molar refractivity (Wildman–Crippen MR) is 97.6 cm³/mol. The Labute approximate surface area is 152 Å². The molecule has 2 aromatic rings. The molecule has 136 valence electrons. The number of hydrogen-bond acceptors (Lipinski definition) is 3. The average Bonchev–Trinajstić information content (AvgIpc) is 2.65. The van der Waals surface area contributed by atoms with Crippen molar-refractivity contribution in [3.05, 3.63) is 54.7 Å². The minimum Gasteiger partial charge on any atom is -0.451 e. The maximum absolute atomic E-state index is 15.9. The molecule has 3 aliphatic rings. The number of quaternary nitrogens is 1. The highest BCUT2D eigenvalue weighted by Crippen LogP contribution is 2.48. The normalized spacial score (nSPS) is 31.5. The first-order valence-corrected chi connectivity index (χ1v) is 9.21. The fraction of sp³-hybridized carbons (Fsp3) is 0.429. The van der Waals surface area contributed by atoms with Gasteiger partial charge < -0.3 is 4.74 Å². The first-order valence-electron chi connectivity index (χ1n) is 9.21. The Kier molecular flexibility index (Phi) is 4.27. The minimum absolute atomic E-state index is 0.192. The smallest absolute Gasteiger partial charge is 0.303 e. The number of hydrogen-bond donors (Lipinski definition) is 0. The van der Waals surface area contributed by atoms with E-state index in [9.17, 15) is 4.79 Å². The second kappa shape index (κ2) is 6.47. The summed E-state index contributed by atoms with van der Waals surface area (Å²) in [6.07, 6.45) is 4.53. The molecule has 5 rings (SSSR count). The van der Waals surface area contributed by atoms with Crippen LogP contribution in [0.1, 0.15) is 31.4 Å². The minimum atomic E-state index is -0.612. The standard InChI is InChI=1S/C21H24FN2O2/c1-3-15-13-24(22)11-9-16(15)12-20(24)21(26-14(2)25)18-8-10-23-19-7-5-4-6-17(18)19/h3-8,10,15-16,20-21H,1,9,11-13H2,2H3/q+1/t15-,16-,20+,21-,24+/m0/s1. The monoisotopic (exact) mass is 355 g/mol. The lowest BCUT2D eigenvalue weighted by atomic mass is 9.73. The van der Waals surface area contributed by atoms with Crippen LogP contribution < -0.4 is 0 Å². The Morgan fingerprint density at radius 1 is 1.42 bits per heavy atom. The number of carbonyl (C=O) groups is 1. The van der Waals surface area contributed by atoms with Crippen molar-refractivity contribution >= 4 is 16.9 Å². The number of ether oxygens (including phenoxy) is 1. The fourth-order valence-corrected chi connectivity index (χ4v) is 4.81. The summed E-state index contributed by atoms with van der Waals surface area (Å²) < 4.78 is 21.1. The number of pyridine rings is 1. The number of fused-ring (bicyclic) bond motifs is 4. The van der Waals surface area contributed by atoms with Crippen molar-refractivity contribution in [1.82, 2.24) is 4.98 Å². The predicted octanol–water partition coefficient (Wildman–Crippen LogP) is 4.13. The maximum Gasteiger partial charge on any atom is 0.303 e. The molecule has 0 amide bonds. The number of benzene rings is 1. The Balaban J connectivity index is 1.79. The van der Waals surface area contributed by atoms with Crippen molar-refractivity contribution in [3.8, 4) is 0 Å². The summed E-state index contributed by atoms with van der Waals surface area (Å²) in [6, 6.07) is 9.20. The lowest BCUT2D eigenvalue weighted by Gasteiger charge is -2.50. The van der Waals surface area contributed by atoms with Gasteiger partial charge in [-0.3, -0.25) is 9.78 Å². The summed E-state index contributed by atoms with van der Waals surface area (Å²) in [5.74, 6) is 0.210. The van der Waals surface area contributed by atoms with Crippen LogP contribution in [0.3, 0.4) is 0 Å². The van der Waals surface area contributed by atoms with Crippen LogP contribution in [0.25, 0.3) is 10.9 Å². The van der Waals surface area contributed by atoms with Gasteiger partial charge >= 0.3 is 5.97 Å². The second-order valence-corrected chi connectivity index (χ2v) is 7.53. The molecule has 0 spiro atoms. The Morgan fingerprint density at radius 2 is 2.23 bits per heavy atom. The highest BCUT2D eigenvalue weighted by Gasteiger charge is 2.57. The Hall–Kier alpha value is -2.27. The number of para-hydroxylation sites is 1. The number of piperidine rings is 3. The van der Waals surface area contributed by atoms with Crippen LogP contribution in [-0.4, -0.2) is 34.8 Å².